The van der Waals surface area contributed by atoms with Crippen LogP contribution >= 0.6 is 0 Å². The van der Waals surface area contributed by atoms with Crippen LogP contribution in [-0.4, -0.2) is 165 Å². The number of aliphatic hydroxyl groups excluding tert-OH is 8. The topological polar surface area (TPSA) is 236 Å². The lowest BCUT2D eigenvalue weighted by Gasteiger charge is -2.59. The Bertz CT molecular complexity index is 1560. The molecule has 0 aromatic rings. The third kappa shape index (κ3) is 7.19. The summed E-state index contributed by atoms with van der Waals surface area (Å²) < 4.78 is 50.1. The third-order valence-corrected chi connectivity index (χ3v) is 17.3. The maximum absolute atomic E-state index is 11.5. The monoisotopic (exact) mass is 854 g/mol. The van der Waals surface area contributed by atoms with Crippen molar-refractivity contribution >= 4 is 0 Å². The summed E-state index contributed by atoms with van der Waals surface area (Å²) in [7, 11) is 0. The minimum absolute atomic E-state index is 0.0239. The molecule has 1 spiro atoms. The summed E-state index contributed by atoms with van der Waals surface area (Å²) in [6.45, 7) is 10.9. The Morgan fingerprint density at radius 2 is 1.48 bits per heavy atom. The lowest BCUT2D eigenvalue weighted by molar-refractivity contribution is -0.390. The fourth-order valence-electron chi connectivity index (χ4n) is 13.7. The molecule has 8 fully saturated rings. The average Bonchev–Trinajstić information content (AvgIpc) is 3.68. The zero-order valence-corrected chi connectivity index (χ0v) is 35.6. The number of aliphatic hydroxyl groups is 8. The summed E-state index contributed by atoms with van der Waals surface area (Å²) in [6, 6.07) is 0. The molecule has 16 nitrogen and oxygen atoms in total. The van der Waals surface area contributed by atoms with Crippen molar-refractivity contribution in [3.05, 3.63) is 11.6 Å². The second-order valence-corrected chi connectivity index (χ2v) is 20.6. The minimum atomic E-state index is -1.72. The van der Waals surface area contributed by atoms with E-state index in [1.54, 1.807) is 0 Å². The number of hydrogen-bond donors (Lipinski definition) is 8. The molecular weight excluding hydrogens is 784 g/mol. The van der Waals surface area contributed by atoms with Gasteiger partial charge >= 0.3 is 0 Å². The van der Waals surface area contributed by atoms with E-state index in [0.29, 0.717) is 48.3 Å². The van der Waals surface area contributed by atoms with E-state index in [-0.39, 0.29) is 29.6 Å². The first-order valence-electron chi connectivity index (χ1n) is 22.8. The number of allylic oxidation sites excluding steroid dienone is 1. The van der Waals surface area contributed by atoms with Crippen LogP contribution in [0.3, 0.4) is 0 Å². The Hall–Kier alpha value is -0.900. The molecule has 0 aromatic heterocycles. The quantitative estimate of drug-likeness (QED) is 0.166. The van der Waals surface area contributed by atoms with E-state index in [9.17, 15) is 40.9 Å². The lowest BCUT2D eigenvalue weighted by Crippen LogP contribution is -2.66. The third-order valence-electron chi connectivity index (χ3n) is 17.3. The van der Waals surface area contributed by atoms with Crippen molar-refractivity contribution in [2.45, 2.75) is 196 Å². The Morgan fingerprint density at radius 1 is 0.733 bits per heavy atom. The van der Waals surface area contributed by atoms with Crippen LogP contribution < -0.4 is 0 Å². The zero-order chi connectivity index (χ0) is 42.6. The molecule has 60 heavy (non-hydrogen) atoms. The summed E-state index contributed by atoms with van der Waals surface area (Å²) in [6.07, 6.45) is -9.49. The van der Waals surface area contributed by atoms with Gasteiger partial charge in [-0.25, -0.2) is 0 Å². The minimum Gasteiger partial charge on any atom is -0.394 e. The molecule has 0 radical (unpaired) electrons. The van der Waals surface area contributed by atoms with E-state index in [4.69, 9.17) is 37.9 Å². The summed E-state index contributed by atoms with van der Waals surface area (Å²) in [5.74, 6) is 2.62. The van der Waals surface area contributed by atoms with Gasteiger partial charge in [-0.1, -0.05) is 39.3 Å². The molecule has 3 saturated carbocycles. The number of hydrogen-bond acceptors (Lipinski definition) is 16. The maximum Gasteiger partial charge on any atom is 0.187 e. The van der Waals surface area contributed by atoms with Crippen molar-refractivity contribution in [1.29, 1.82) is 0 Å². The largest absolute Gasteiger partial charge is 0.394 e. The molecule has 5 heterocycles. The first-order valence-corrected chi connectivity index (χ1v) is 22.8. The van der Waals surface area contributed by atoms with Crippen LogP contribution in [0.4, 0.5) is 0 Å². The molecule has 0 amide bonds. The Balaban J connectivity index is 0.932. The van der Waals surface area contributed by atoms with Crippen molar-refractivity contribution < 1.29 is 78.7 Å². The van der Waals surface area contributed by atoms with E-state index >= 15 is 0 Å². The van der Waals surface area contributed by atoms with Gasteiger partial charge in [0.25, 0.3) is 0 Å². The summed E-state index contributed by atoms with van der Waals surface area (Å²) in [5, 5.41) is 85.1. The summed E-state index contributed by atoms with van der Waals surface area (Å²) >= 11 is 0. The Kier molecular flexibility index (Phi) is 12.2. The molecule has 0 aromatic carbocycles. The number of rotatable bonds is 7. The Labute approximate surface area is 352 Å². The van der Waals surface area contributed by atoms with Gasteiger partial charge in [0, 0.05) is 12.3 Å². The number of ether oxygens (including phenoxy) is 8. The first kappa shape index (κ1) is 44.3. The van der Waals surface area contributed by atoms with E-state index in [1.807, 2.05) is 0 Å². The van der Waals surface area contributed by atoms with Gasteiger partial charge in [0.05, 0.1) is 38.1 Å². The van der Waals surface area contributed by atoms with Gasteiger partial charge < -0.3 is 78.7 Å². The molecule has 9 rings (SSSR count). The molecule has 4 aliphatic carbocycles. The van der Waals surface area contributed by atoms with Gasteiger partial charge in [-0.15, -0.1) is 0 Å². The highest BCUT2D eigenvalue weighted by molar-refractivity contribution is 5.26. The predicted molar refractivity (Wildman–Crippen MR) is 208 cm³/mol. The molecule has 5 saturated heterocycles. The SMILES string of the molecule is C[C@@H]1CC[C@@]2(OC1)O[C@H]1C[C@H]3[C@@H]4CC=C5C[C@@H](O[C@@H]6O[C@H](CO)[C@@H](O)[C@H](O[C@@H]7OC[C@@H](O)[C@H](O)[C@H]7O)[C@H]6O[C@@H]6O[C@@H](C)[C@H](O)[C@@H](O)[C@H]6O)CC[C@]5(C)[C@@H]4CC[C@]3(C)[C@H]1[C@@H]2C. The van der Waals surface area contributed by atoms with Gasteiger partial charge in [0.2, 0.25) is 0 Å². The van der Waals surface area contributed by atoms with E-state index in [1.165, 1.54) is 18.9 Å². The van der Waals surface area contributed by atoms with Gasteiger partial charge in [0.15, 0.2) is 24.7 Å². The molecule has 9 aliphatic rings. The molecule has 16 heteroatoms. The highest BCUT2D eigenvalue weighted by Crippen LogP contribution is 2.70. The fourth-order valence-corrected chi connectivity index (χ4v) is 13.7. The number of fused-ring (bicyclic) bond motifs is 7. The van der Waals surface area contributed by atoms with Crippen molar-refractivity contribution in [2.24, 2.45) is 46.3 Å². The Morgan fingerprint density at radius 3 is 2.22 bits per heavy atom. The van der Waals surface area contributed by atoms with E-state index in [0.717, 1.165) is 45.1 Å². The van der Waals surface area contributed by atoms with E-state index < -0.39 is 98.4 Å². The van der Waals surface area contributed by atoms with Crippen molar-refractivity contribution in [2.75, 3.05) is 19.8 Å². The molecule has 5 aliphatic heterocycles. The van der Waals surface area contributed by atoms with Crippen LogP contribution in [0.5, 0.6) is 0 Å². The van der Waals surface area contributed by atoms with Crippen LogP contribution in [0.15, 0.2) is 11.6 Å². The maximum atomic E-state index is 11.5. The van der Waals surface area contributed by atoms with Crippen LogP contribution in [0.1, 0.15) is 92.4 Å². The lowest BCUT2D eigenvalue weighted by atomic mass is 9.47. The van der Waals surface area contributed by atoms with Gasteiger partial charge in [-0.05, 0) is 98.7 Å². The van der Waals surface area contributed by atoms with Crippen LogP contribution in [0.2, 0.25) is 0 Å². The molecule has 342 valence electrons. The molecule has 0 bridgehead atoms. The van der Waals surface area contributed by atoms with Crippen LogP contribution in [0, 0.1) is 46.3 Å². The predicted octanol–water partition coefficient (Wildman–Crippen LogP) is 0.853. The fraction of sp³-hybridized carbons (Fsp3) is 0.955. The highest BCUT2D eigenvalue weighted by atomic mass is 16.8. The van der Waals surface area contributed by atoms with Crippen molar-refractivity contribution in [3.63, 3.8) is 0 Å². The average molecular weight is 855 g/mol. The normalized spacial score (nSPS) is 57.9. The van der Waals surface area contributed by atoms with Gasteiger partial charge in [0.1, 0.15) is 61.0 Å². The van der Waals surface area contributed by atoms with Gasteiger partial charge in [-0.3, -0.25) is 0 Å². The molecule has 8 N–H and O–H groups in total. The zero-order valence-electron chi connectivity index (χ0n) is 35.6. The molecule has 25 atom stereocenters. The van der Waals surface area contributed by atoms with Crippen LogP contribution in [-0.2, 0) is 37.9 Å². The highest BCUT2D eigenvalue weighted by Gasteiger charge is 2.69. The molecular formula is C44H70O16. The molecule has 0 unspecified atom stereocenters. The summed E-state index contributed by atoms with van der Waals surface area (Å²) in [4.78, 5) is 0. The standard InChI is InChI=1S/C44H70O16/c1-19-8-13-44(54-17-19)20(2)30-28(60-44)15-26-24-7-6-22-14-23(9-11-42(22,4)25(24)10-12-43(26,30)5)56-41-38(59-40-36(52)34(50)31(47)21(3)55-40)37(33(49)29(16-45)57-41)58-39-35(51)32(48)27(46)18-53-39/h6,19-21,23-41,45-52H,7-18H2,1-5H3/t19-,20+,21+,23+,24-,25-,26+,27-,28+,29-,30+,31+,32+,33-,34-,35-,36-,37+,38-,39+,40+,41-,42+,43+,44-/m1/s1. The first-order chi connectivity index (χ1) is 28.5. The van der Waals surface area contributed by atoms with E-state index in [2.05, 4.69) is 33.8 Å². The second kappa shape index (κ2) is 16.5. The smallest absolute Gasteiger partial charge is 0.187 e. The van der Waals surface area contributed by atoms with Crippen LogP contribution in [0.25, 0.3) is 0 Å². The van der Waals surface area contributed by atoms with Crippen molar-refractivity contribution in [1.82, 2.24) is 0 Å². The van der Waals surface area contributed by atoms with Crippen molar-refractivity contribution in [3.8, 4) is 0 Å². The van der Waals surface area contributed by atoms with Gasteiger partial charge in [-0.2, -0.15) is 0 Å². The second-order valence-electron chi connectivity index (χ2n) is 20.6. The summed E-state index contributed by atoms with van der Waals surface area (Å²) in [5.41, 5.74) is 1.52.